The van der Waals surface area contributed by atoms with Crippen LogP contribution in [0.15, 0.2) is 24.3 Å². The molecule has 0 radical (unpaired) electrons. The highest BCUT2D eigenvalue weighted by molar-refractivity contribution is 6.21. The maximum absolute atomic E-state index is 12.1. The first-order valence-electron chi connectivity index (χ1n) is 7.18. The zero-order valence-corrected chi connectivity index (χ0v) is 13.2. The van der Waals surface area contributed by atoms with Crippen molar-refractivity contribution in [2.45, 2.75) is 19.4 Å². The number of benzene rings is 1. The second-order valence-corrected chi connectivity index (χ2v) is 5.42. The standard InChI is InChI=1S/C16H18N2O5/c1-10(14(20)17(2)3)23-13(19)8-9-18-15(21)11-6-4-5-7-12(11)16(18)22/h4-7,10H,8-9H2,1-3H3/t10-/m1/s1. The number of esters is 1. The van der Waals surface area contributed by atoms with Gasteiger partial charge in [0.1, 0.15) is 0 Å². The van der Waals surface area contributed by atoms with Gasteiger partial charge in [0.15, 0.2) is 6.10 Å². The Kier molecular flexibility index (Phi) is 4.78. The predicted octanol–water partition coefficient (Wildman–Crippen LogP) is 0.693. The van der Waals surface area contributed by atoms with E-state index in [1.807, 2.05) is 0 Å². The summed E-state index contributed by atoms with van der Waals surface area (Å²) < 4.78 is 5.00. The molecule has 0 aliphatic carbocycles. The molecule has 3 amide bonds. The Hall–Kier alpha value is -2.70. The molecule has 7 heteroatoms. The lowest BCUT2D eigenvalue weighted by Crippen LogP contribution is -2.36. The molecular formula is C16H18N2O5. The van der Waals surface area contributed by atoms with E-state index in [4.69, 9.17) is 4.74 Å². The smallest absolute Gasteiger partial charge is 0.308 e. The molecule has 1 atom stereocenters. The fourth-order valence-electron chi connectivity index (χ4n) is 2.32. The largest absolute Gasteiger partial charge is 0.452 e. The molecule has 1 aromatic rings. The number of hydrogen-bond acceptors (Lipinski definition) is 5. The third-order valence-electron chi connectivity index (χ3n) is 3.51. The molecule has 2 rings (SSSR count). The van der Waals surface area contributed by atoms with Crippen LogP contribution in [0.1, 0.15) is 34.1 Å². The topological polar surface area (TPSA) is 84.0 Å². The van der Waals surface area contributed by atoms with E-state index in [9.17, 15) is 19.2 Å². The number of nitrogens with zero attached hydrogens (tertiary/aromatic N) is 2. The minimum atomic E-state index is -0.903. The summed E-state index contributed by atoms with van der Waals surface area (Å²) in [5, 5.41) is 0. The van der Waals surface area contributed by atoms with Crippen molar-refractivity contribution in [1.29, 1.82) is 0 Å². The van der Waals surface area contributed by atoms with Crippen molar-refractivity contribution >= 4 is 23.7 Å². The molecule has 0 aromatic heterocycles. The monoisotopic (exact) mass is 318 g/mol. The van der Waals surface area contributed by atoms with E-state index in [1.165, 1.54) is 11.8 Å². The number of fused-ring (bicyclic) bond motifs is 1. The number of carbonyl (C=O) groups excluding carboxylic acids is 4. The van der Waals surface area contributed by atoms with Gasteiger partial charge in [0.05, 0.1) is 17.5 Å². The Morgan fingerprint density at radius 3 is 2.13 bits per heavy atom. The third-order valence-corrected chi connectivity index (χ3v) is 3.51. The summed E-state index contributed by atoms with van der Waals surface area (Å²) in [5.74, 6) is -1.81. The third kappa shape index (κ3) is 3.39. The van der Waals surface area contributed by atoms with Crippen molar-refractivity contribution in [3.05, 3.63) is 35.4 Å². The van der Waals surface area contributed by atoms with Gasteiger partial charge in [-0.15, -0.1) is 0 Å². The van der Waals surface area contributed by atoms with Crippen LogP contribution in [0.25, 0.3) is 0 Å². The average Bonchev–Trinajstić information content (AvgIpc) is 2.76. The Morgan fingerprint density at radius 2 is 1.65 bits per heavy atom. The normalized spacial score (nSPS) is 14.5. The molecule has 0 fully saturated rings. The van der Waals surface area contributed by atoms with Crippen molar-refractivity contribution < 1.29 is 23.9 Å². The van der Waals surface area contributed by atoms with Crippen molar-refractivity contribution in [1.82, 2.24) is 9.80 Å². The van der Waals surface area contributed by atoms with Gasteiger partial charge in [-0.25, -0.2) is 0 Å². The quantitative estimate of drug-likeness (QED) is 0.589. The molecule has 0 spiro atoms. The van der Waals surface area contributed by atoms with Crippen LogP contribution in [0.2, 0.25) is 0 Å². The van der Waals surface area contributed by atoms with E-state index in [0.717, 1.165) is 4.90 Å². The van der Waals surface area contributed by atoms with Crippen molar-refractivity contribution in [2.75, 3.05) is 20.6 Å². The van der Waals surface area contributed by atoms with Crippen LogP contribution in [-0.4, -0.2) is 60.2 Å². The Balaban J connectivity index is 1.92. The van der Waals surface area contributed by atoms with E-state index in [2.05, 4.69) is 0 Å². The number of likely N-dealkylation sites (N-methyl/N-ethyl adjacent to an activating group) is 1. The molecule has 0 saturated heterocycles. The highest BCUT2D eigenvalue weighted by atomic mass is 16.5. The summed E-state index contributed by atoms with van der Waals surface area (Å²) in [7, 11) is 3.12. The van der Waals surface area contributed by atoms with Crippen LogP contribution in [0.4, 0.5) is 0 Å². The van der Waals surface area contributed by atoms with Gasteiger partial charge >= 0.3 is 5.97 Å². The summed E-state index contributed by atoms with van der Waals surface area (Å²) in [6, 6.07) is 6.50. The second-order valence-electron chi connectivity index (χ2n) is 5.42. The van der Waals surface area contributed by atoms with Gasteiger partial charge in [-0.1, -0.05) is 12.1 Å². The summed E-state index contributed by atoms with van der Waals surface area (Å²) in [6.45, 7) is 1.40. The number of hydrogen-bond donors (Lipinski definition) is 0. The van der Waals surface area contributed by atoms with Crippen molar-refractivity contribution in [3.63, 3.8) is 0 Å². The second kappa shape index (κ2) is 6.60. The summed E-state index contributed by atoms with van der Waals surface area (Å²) in [5.41, 5.74) is 0.670. The number of carbonyl (C=O) groups is 4. The molecule has 1 aromatic carbocycles. The van der Waals surface area contributed by atoms with Crippen LogP contribution >= 0.6 is 0 Å². The van der Waals surface area contributed by atoms with Crippen LogP contribution in [0.3, 0.4) is 0 Å². The van der Waals surface area contributed by atoms with E-state index >= 15 is 0 Å². The van der Waals surface area contributed by atoms with E-state index in [-0.39, 0.29) is 18.9 Å². The minimum Gasteiger partial charge on any atom is -0.452 e. The van der Waals surface area contributed by atoms with E-state index in [1.54, 1.807) is 38.4 Å². The molecule has 7 nitrogen and oxygen atoms in total. The molecule has 0 saturated carbocycles. The van der Waals surface area contributed by atoms with Crippen LogP contribution < -0.4 is 0 Å². The van der Waals surface area contributed by atoms with Crippen LogP contribution in [0.5, 0.6) is 0 Å². The lowest BCUT2D eigenvalue weighted by Gasteiger charge is -2.18. The predicted molar refractivity (Wildman–Crippen MR) is 80.7 cm³/mol. The highest BCUT2D eigenvalue weighted by Crippen LogP contribution is 2.22. The van der Waals surface area contributed by atoms with Gasteiger partial charge in [0.25, 0.3) is 17.7 Å². The van der Waals surface area contributed by atoms with Gasteiger partial charge in [-0.2, -0.15) is 0 Å². The SMILES string of the molecule is C[C@@H](OC(=O)CCN1C(=O)c2ccccc2C1=O)C(=O)N(C)C. The van der Waals surface area contributed by atoms with Crippen LogP contribution in [0, 0.1) is 0 Å². The van der Waals surface area contributed by atoms with E-state index in [0.29, 0.717) is 11.1 Å². The van der Waals surface area contributed by atoms with Crippen molar-refractivity contribution in [3.8, 4) is 0 Å². The highest BCUT2D eigenvalue weighted by Gasteiger charge is 2.35. The number of amides is 3. The lowest BCUT2D eigenvalue weighted by molar-refractivity contribution is -0.158. The molecule has 0 unspecified atom stereocenters. The zero-order valence-electron chi connectivity index (χ0n) is 13.2. The van der Waals surface area contributed by atoms with Gasteiger partial charge in [-0.05, 0) is 19.1 Å². The first-order valence-corrected chi connectivity index (χ1v) is 7.18. The number of imide groups is 1. The Labute approximate surface area is 133 Å². The summed E-state index contributed by atoms with van der Waals surface area (Å²) in [4.78, 5) is 50.0. The van der Waals surface area contributed by atoms with Gasteiger partial charge in [0.2, 0.25) is 0 Å². The van der Waals surface area contributed by atoms with Gasteiger partial charge < -0.3 is 9.64 Å². The molecular weight excluding hydrogens is 300 g/mol. The molecule has 0 N–H and O–H groups in total. The molecule has 23 heavy (non-hydrogen) atoms. The Morgan fingerprint density at radius 1 is 1.13 bits per heavy atom. The first kappa shape index (κ1) is 16.7. The van der Waals surface area contributed by atoms with Gasteiger partial charge in [0, 0.05) is 20.6 Å². The first-order chi connectivity index (χ1) is 10.8. The number of ether oxygens (including phenoxy) is 1. The molecule has 1 heterocycles. The fraction of sp³-hybridized carbons (Fsp3) is 0.375. The minimum absolute atomic E-state index is 0.0753. The molecule has 1 aliphatic rings. The maximum Gasteiger partial charge on any atom is 0.308 e. The average molecular weight is 318 g/mol. The summed E-state index contributed by atoms with van der Waals surface area (Å²) in [6.07, 6.45) is -1.06. The fourth-order valence-corrected chi connectivity index (χ4v) is 2.32. The Bertz CT molecular complexity index is 633. The molecule has 1 aliphatic heterocycles. The summed E-state index contributed by atoms with van der Waals surface area (Å²) >= 11 is 0. The van der Waals surface area contributed by atoms with Gasteiger partial charge in [-0.3, -0.25) is 24.1 Å². The zero-order chi connectivity index (χ0) is 17.1. The molecule has 122 valence electrons. The lowest BCUT2D eigenvalue weighted by atomic mass is 10.1. The van der Waals surface area contributed by atoms with Crippen molar-refractivity contribution in [2.24, 2.45) is 0 Å². The maximum atomic E-state index is 12.1. The van der Waals surface area contributed by atoms with Crippen LogP contribution in [-0.2, 0) is 14.3 Å². The van der Waals surface area contributed by atoms with E-state index < -0.39 is 23.9 Å². The number of rotatable bonds is 5. The molecule has 0 bridgehead atoms.